The molecule has 3 unspecified atom stereocenters. The number of aliphatic hydroxyl groups is 1. The molecule has 0 bridgehead atoms. The first-order valence-corrected chi connectivity index (χ1v) is 8.23. The zero-order valence-electron chi connectivity index (χ0n) is 14.5. The van der Waals surface area contributed by atoms with Gasteiger partial charge in [-0.3, -0.25) is 9.48 Å². The molecule has 1 heterocycles. The number of hydrogen-bond donors (Lipinski definition) is 1. The van der Waals surface area contributed by atoms with Crippen molar-refractivity contribution in [3.63, 3.8) is 0 Å². The molecular weight excluding hydrogens is 278 g/mol. The molecule has 124 valence electrons. The Balaban J connectivity index is 1.96. The average Bonchev–Trinajstić information content (AvgIpc) is 2.96. The Kier molecular flexibility index (Phi) is 5.27. The number of nitrogens with zero attached hydrogens (tertiary/aromatic N) is 3. The summed E-state index contributed by atoms with van der Waals surface area (Å²) in [6.07, 6.45) is 3.44. The molecule has 1 amide bonds. The van der Waals surface area contributed by atoms with Gasteiger partial charge < -0.3 is 10.0 Å². The van der Waals surface area contributed by atoms with E-state index in [9.17, 15) is 9.90 Å². The van der Waals surface area contributed by atoms with Crippen molar-refractivity contribution in [3.05, 3.63) is 17.0 Å². The molecule has 0 aliphatic heterocycles. The van der Waals surface area contributed by atoms with Crippen molar-refractivity contribution in [2.75, 3.05) is 13.6 Å². The van der Waals surface area contributed by atoms with Crippen molar-refractivity contribution < 1.29 is 9.90 Å². The summed E-state index contributed by atoms with van der Waals surface area (Å²) in [5.41, 5.74) is 3.32. The largest absolute Gasteiger partial charge is 0.393 e. The predicted octanol–water partition coefficient (Wildman–Crippen LogP) is 1.83. The van der Waals surface area contributed by atoms with Gasteiger partial charge in [0.1, 0.15) is 0 Å². The lowest BCUT2D eigenvalue weighted by Gasteiger charge is -2.26. The van der Waals surface area contributed by atoms with Crippen LogP contribution in [0.2, 0.25) is 0 Å². The molecule has 5 heteroatoms. The van der Waals surface area contributed by atoms with Gasteiger partial charge in [0.15, 0.2) is 0 Å². The number of rotatable bonds is 5. The number of aliphatic hydroxyl groups excluding tert-OH is 1. The van der Waals surface area contributed by atoms with Crippen LogP contribution >= 0.6 is 0 Å². The molecule has 2 rings (SSSR count). The second-order valence-corrected chi connectivity index (χ2v) is 6.86. The molecule has 0 aromatic carbocycles. The van der Waals surface area contributed by atoms with E-state index in [4.69, 9.17) is 0 Å². The number of carbonyl (C=O) groups is 1. The maximum atomic E-state index is 12.6. The smallest absolute Gasteiger partial charge is 0.225 e. The lowest BCUT2D eigenvalue weighted by Crippen LogP contribution is -2.38. The fraction of sp³-hybridized carbons (Fsp3) is 0.765. The topological polar surface area (TPSA) is 58.4 Å². The summed E-state index contributed by atoms with van der Waals surface area (Å²) >= 11 is 0. The predicted molar refractivity (Wildman–Crippen MR) is 86.5 cm³/mol. The molecule has 0 spiro atoms. The van der Waals surface area contributed by atoms with Gasteiger partial charge >= 0.3 is 0 Å². The maximum absolute atomic E-state index is 12.6. The first-order chi connectivity index (χ1) is 10.3. The summed E-state index contributed by atoms with van der Waals surface area (Å²) in [5, 5.41) is 14.3. The highest BCUT2D eigenvalue weighted by atomic mass is 16.3. The summed E-state index contributed by atoms with van der Waals surface area (Å²) < 4.78 is 1.88. The van der Waals surface area contributed by atoms with Gasteiger partial charge in [0.25, 0.3) is 0 Å². The Morgan fingerprint density at radius 3 is 2.64 bits per heavy atom. The van der Waals surface area contributed by atoms with Gasteiger partial charge in [0.2, 0.25) is 5.91 Å². The van der Waals surface area contributed by atoms with Gasteiger partial charge in [-0.25, -0.2) is 0 Å². The van der Waals surface area contributed by atoms with E-state index in [2.05, 4.69) is 5.10 Å². The Morgan fingerprint density at radius 2 is 2.14 bits per heavy atom. The van der Waals surface area contributed by atoms with Crippen LogP contribution in [0.25, 0.3) is 0 Å². The van der Waals surface area contributed by atoms with Crippen LogP contribution < -0.4 is 0 Å². The van der Waals surface area contributed by atoms with Crippen LogP contribution in [0.4, 0.5) is 0 Å². The van der Waals surface area contributed by atoms with Crippen molar-refractivity contribution in [3.8, 4) is 0 Å². The molecule has 1 aliphatic carbocycles. The summed E-state index contributed by atoms with van der Waals surface area (Å²) in [4.78, 5) is 14.4. The third kappa shape index (κ3) is 3.51. The third-order valence-electron chi connectivity index (χ3n) is 5.09. The van der Waals surface area contributed by atoms with E-state index in [1.165, 1.54) is 5.56 Å². The van der Waals surface area contributed by atoms with Crippen molar-refractivity contribution in [2.45, 2.75) is 52.6 Å². The highest BCUT2D eigenvalue weighted by Crippen LogP contribution is 2.26. The zero-order chi connectivity index (χ0) is 16.4. The van der Waals surface area contributed by atoms with Crippen LogP contribution in [0.3, 0.4) is 0 Å². The zero-order valence-corrected chi connectivity index (χ0v) is 14.5. The SMILES string of the molecule is Cc1nn(C)c(C)c1CC(C)C(=O)N(C)CC1CCCC1O. The van der Waals surface area contributed by atoms with Crippen LogP contribution in [-0.2, 0) is 18.3 Å². The van der Waals surface area contributed by atoms with Crippen molar-refractivity contribution in [1.82, 2.24) is 14.7 Å². The Hall–Kier alpha value is -1.36. The molecule has 1 N–H and O–H groups in total. The van der Waals surface area contributed by atoms with Crippen LogP contribution in [0.5, 0.6) is 0 Å². The lowest BCUT2D eigenvalue weighted by molar-refractivity contribution is -0.134. The number of aromatic nitrogens is 2. The fourth-order valence-corrected chi connectivity index (χ4v) is 3.55. The first kappa shape index (κ1) is 17.0. The third-order valence-corrected chi connectivity index (χ3v) is 5.09. The minimum Gasteiger partial charge on any atom is -0.393 e. The van der Waals surface area contributed by atoms with E-state index in [-0.39, 0.29) is 23.8 Å². The van der Waals surface area contributed by atoms with Crippen molar-refractivity contribution in [1.29, 1.82) is 0 Å². The molecule has 1 fully saturated rings. The minimum atomic E-state index is -0.242. The molecule has 1 aliphatic rings. The standard InChI is InChI=1S/C17H29N3O2/c1-11(9-15-12(2)18-20(5)13(15)3)17(22)19(4)10-14-7-6-8-16(14)21/h11,14,16,21H,6-10H2,1-5H3. The second kappa shape index (κ2) is 6.82. The molecule has 3 atom stereocenters. The monoisotopic (exact) mass is 307 g/mol. The first-order valence-electron chi connectivity index (χ1n) is 8.23. The summed E-state index contributed by atoms with van der Waals surface area (Å²) in [6.45, 7) is 6.69. The van der Waals surface area contributed by atoms with E-state index in [1.807, 2.05) is 39.5 Å². The van der Waals surface area contributed by atoms with Crippen LogP contribution in [0.1, 0.15) is 43.1 Å². The lowest BCUT2D eigenvalue weighted by atomic mass is 9.97. The Morgan fingerprint density at radius 1 is 1.45 bits per heavy atom. The van der Waals surface area contributed by atoms with E-state index >= 15 is 0 Å². The van der Waals surface area contributed by atoms with Crippen molar-refractivity contribution >= 4 is 5.91 Å². The fourth-order valence-electron chi connectivity index (χ4n) is 3.55. The number of amides is 1. The highest BCUT2D eigenvalue weighted by molar-refractivity contribution is 5.78. The van der Waals surface area contributed by atoms with E-state index in [1.54, 1.807) is 4.90 Å². The van der Waals surface area contributed by atoms with Crippen LogP contribution in [0.15, 0.2) is 0 Å². The number of carbonyl (C=O) groups excluding carboxylic acids is 1. The Labute approximate surface area is 133 Å². The normalized spacial score (nSPS) is 22.8. The molecule has 22 heavy (non-hydrogen) atoms. The molecule has 1 saturated carbocycles. The summed E-state index contributed by atoms with van der Waals surface area (Å²) in [5.74, 6) is 0.329. The van der Waals surface area contributed by atoms with Gasteiger partial charge in [0, 0.05) is 38.2 Å². The number of aryl methyl sites for hydroxylation is 2. The maximum Gasteiger partial charge on any atom is 0.225 e. The minimum absolute atomic E-state index is 0.0647. The second-order valence-electron chi connectivity index (χ2n) is 6.86. The van der Waals surface area contributed by atoms with Gasteiger partial charge in [-0.05, 0) is 38.7 Å². The van der Waals surface area contributed by atoms with Gasteiger partial charge in [0.05, 0.1) is 11.8 Å². The molecule has 0 saturated heterocycles. The van der Waals surface area contributed by atoms with E-state index < -0.39 is 0 Å². The molecule has 5 nitrogen and oxygen atoms in total. The Bertz CT molecular complexity index is 538. The molecule has 1 aromatic rings. The van der Waals surface area contributed by atoms with Gasteiger partial charge in [-0.2, -0.15) is 5.10 Å². The van der Waals surface area contributed by atoms with Crippen molar-refractivity contribution in [2.24, 2.45) is 18.9 Å². The quantitative estimate of drug-likeness (QED) is 0.903. The number of hydrogen-bond acceptors (Lipinski definition) is 3. The molecular formula is C17H29N3O2. The summed E-state index contributed by atoms with van der Waals surface area (Å²) in [7, 11) is 3.79. The summed E-state index contributed by atoms with van der Waals surface area (Å²) in [6, 6.07) is 0. The highest BCUT2D eigenvalue weighted by Gasteiger charge is 2.29. The van der Waals surface area contributed by atoms with Gasteiger partial charge in [-0.15, -0.1) is 0 Å². The van der Waals surface area contributed by atoms with Crippen LogP contribution in [0, 0.1) is 25.7 Å². The van der Waals surface area contributed by atoms with Gasteiger partial charge in [-0.1, -0.05) is 13.3 Å². The van der Waals surface area contributed by atoms with Crippen LogP contribution in [-0.4, -0.2) is 45.4 Å². The van der Waals surface area contributed by atoms with E-state index in [0.29, 0.717) is 6.54 Å². The molecule has 0 radical (unpaired) electrons. The van der Waals surface area contributed by atoms with E-state index in [0.717, 1.165) is 37.1 Å². The molecule has 1 aromatic heterocycles. The average molecular weight is 307 g/mol.